The summed E-state index contributed by atoms with van der Waals surface area (Å²) in [6, 6.07) is 6.58. The molecule has 0 radical (unpaired) electrons. The molecule has 0 bridgehead atoms. The Morgan fingerprint density at radius 1 is 1.16 bits per heavy atom. The van der Waals surface area contributed by atoms with Crippen LogP contribution in [-0.2, 0) is 24.4 Å². The van der Waals surface area contributed by atoms with Gasteiger partial charge in [0, 0.05) is 6.42 Å². The molecular weight excluding hydrogens is 426 g/mol. The maximum absolute atomic E-state index is 12.6. The van der Waals surface area contributed by atoms with E-state index in [0.717, 1.165) is 12.0 Å². The third-order valence-electron chi connectivity index (χ3n) is 5.33. The Hall–Kier alpha value is -1.88. The van der Waals surface area contributed by atoms with Crippen molar-refractivity contribution in [3.8, 4) is 11.8 Å². The van der Waals surface area contributed by atoms with Gasteiger partial charge < -0.3 is 4.74 Å². The molecule has 0 aliphatic heterocycles. The van der Waals surface area contributed by atoms with Crippen molar-refractivity contribution in [3.05, 3.63) is 29.8 Å². The van der Waals surface area contributed by atoms with E-state index in [1.165, 1.54) is 32.1 Å². The van der Waals surface area contributed by atoms with Crippen LogP contribution in [0.15, 0.2) is 29.2 Å². The number of sulfonamides is 1. The second-order valence-corrected chi connectivity index (χ2v) is 11.1. The molecule has 1 saturated carbocycles. The van der Waals surface area contributed by atoms with Crippen molar-refractivity contribution >= 4 is 16.0 Å². The first-order valence-electron chi connectivity index (χ1n) is 11.5. The number of carbonyl (C=O) groups excluding carboxylic acids is 1. The van der Waals surface area contributed by atoms with E-state index in [2.05, 4.69) is 16.7 Å². The minimum absolute atomic E-state index is 0.145. The number of hydrogen-bond donors (Lipinski definition) is 1. The fraction of sp³-hybridized carbons (Fsp3) is 0.640. The SMILES string of the molecule is Cc1ccc(S(=O)(=O)NOC(C#CCCC(=O)OC(C)(C)C)CCC2CCCCC2)cc1. The predicted molar refractivity (Wildman–Crippen MR) is 125 cm³/mol. The van der Waals surface area contributed by atoms with Crippen LogP contribution < -0.4 is 4.89 Å². The minimum atomic E-state index is -3.79. The van der Waals surface area contributed by atoms with Crippen molar-refractivity contribution in [1.82, 2.24) is 4.89 Å². The first-order valence-corrected chi connectivity index (χ1v) is 13.0. The van der Waals surface area contributed by atoms with Gasteiger partial charge in [0.1, 0.15) is 11.7 Å². The summed E-state index contributed by atoms with van der Waals surface area (Å²) >= 11 is 0. The van der Waals surface area contributed by atoms with E-state index in [1.54, 1.807) is 24.3 Å². The van der Waals surface area contributed by atoms with E-state index in [4.69, 9.17) is 9.57 Å². The average Bonchev–Trinajstić information content (AvgIpc) is 2.72. The van der Waals surface area contributed by atoms with Crippen LogP contribution in [0.1, 0.15) is 84.1 Å². The van der Waals surface area contributed by atoms with Gasteiger partial charge >= 0.3 is 5.97 Å². The van der Waals surface area contributed by atoms with Gasteiger partial charge in [-0.1, -0.05) is 66.5 Å². The van der Waals surface area contributed by atoms with Crippen molar-refractivity contribution in [3.63, 3.8) is 0 Å². The molecule has 0 aromatic heterocycles. The van der Waals surface area contributed by atoms with Crippen LogP contribution in [0.4, 0.5) is 0 Å². The van der Waals surface area contributed by atoms with Crippen molar-refractivity contribution in [2.75, 3.05) is 0 Å². The van der Waals surface area contributed by atoms with Crippen LogP contribution in [0, 0.1) is 24.7 Å². The van der Waals surface area contributed by atoms with Crippen LogP contribution in [-0.4, -0.2) is 26.1 Å². The lowest BCUT2D eigenvalue weighted by atomic mass is 9.85. The standard InChI is InChI=1S/C25H37NO5S/c1-20-14-18-23(19-15-20)32(28,29)26-31-22(17-16-21-10-6-5-7-11-21)12-8-9-13-24(27)30-25(2,3)4/h14-15,18-19,21-22,26H,5-7,9-11,13,16-17H2,1-4H3. The molecule has 7 heteroatoms. The molecule has 178 valence electrons. The second kappa shape index (κ2) is 12.4. The zero-order valence-electron chi connectivity index (χ0n) is 19.8. The molecule has 1 aromatic carbocycles. The zero-order valence-corrected chi connectivity index (χ0v) is 20.6. The number of esters is 1. The molecule has 1 aliphatic rings. The van der Waals surface area contributed by atoms with Crippen LogP contribution in [0.2, 0.25) is 0 Å². The van der Waals surface area contributed by atoms with Gasteiger partial charge in [0.15, 0.2) is 0 Å². The summed E-state index contributed by atoms with van der Waals surface area (Å²) in [6.07, 6.45) is 7.72. The molecule has 1 aromatic rings. The van der Waals surface area contributed by atoms with Gasteiger partial charge in [0.25, 0.3) is 10.0 Å². The highest BCUT2D eigenvalue weighted by molar-refractivity contribution is 7.89. The van der Waals surface area contributed by atoms with Gasteiger partial charge in [-0.25, -0.2) is 8.42 Å². The van der Waals surface area contributed by atoms with Gasteiger partial charge in [-0.2, -0.15) is 0 Å². The van der Waals surface area contributed by atoms with Crippen LogP contribution in [0.3, 0.4) is 0 Å². The number of aryl methyl sites for hydroxylation is 1. The zero-order chi connectivity index (χ0) is 23.6. The van der Waals surface area contributed by atoms with Gasteiger partial charge in [-0.05, 0) is 58.6 Å². The molecule has 0 spiro atoms. The molecule has 1 unspecified atom stereocenters. The van der Waals surface area contributed by atoms with E-state index in [9.17, 15) is 13.2 Å². The molecular formula is C25H37NO5S. The second-order valence-electron chi connectivity index (χ2n) is 9.50. The summed E-state index contributed by atoms with van der Waals surface area (Å²) in [5.41, 5.74) is 0.454. The Bertz CT molecular complexity index is 885. The Labute approximate surface area is 193 Å². The Morgan fingerprint density at radius 3 is 2.44 bits per heavy atom. The van der Waals surface area contributed by atoms with Gasteiger partial charge in [0.05, 0.1) is 11.3 Å². The topological polar surface area (TPSA) is 81.7 Å². The van der Waals surface area contributed by atoms with Crippen molar-refractivity contribution in [2.24, 2.45) is 5.92 Å². The van der Waals surface area contributed by atoms with Gasteiger partial charge in [-0.15, -0.1) is 0 Å². The Balaban J connectivity index is 1.95. The Kier molecular flexibility index (Phi) is 10.2. The number of carbonyl (C=O) groups is 1. The molecule has 1 aliphatic carbocycles. The summed E-state index contributed by atoms with van der Waals surface area (Å²) in [4.78, 5) is 19.8. The van der Waals surface area contributed by atoms with E-state index < -0.39 is 21.7 Å². The minimum Gasteiger partial charge on any atom is -0.460 e. The third-order valence-corrected chi connectivity index (χ3v) is 6.54. The molecule has 1 atom stereocenters. The van der Waals surface area contributed by atoms with Crippen molar-refractivity contribution in [1.29, 1.82) is 0 Å². The molecule has 6 nitrogen and oxygen atoms in total. The van der Waals surface area contributed by atoms with E-state index in [-0.39, 0.29) is 17.3 Å². The lowest BCUT2D eigenvalue weighted by Gasteiger charge is -2.22. The largest absolute Gasteiger partial charge is 0.460 e. The summed E-state index contributed by atoms with van der Waals surface area (Å²) in [5.74, 6) is 6.30. The molecule has 0 heterocycles. The maximum atomic E-state index is 12.6. The number of hydrogen-bond acceptors (Lipinski definition) is 5. The number of benzene rings is 1. The lowest BCUT2D eigenvalue weighted by Crippen LogP contribution is -2.29. The smallest absolute Gasteiger partial charge is 0.307 e. The monoisotopic (exact) mass is 463 g/mol. The summed E-state index contributed by atoms with van der Waals surface area (Å²) in [7, 11) is -3.79. The van der Waals surface area contributed by atoms with Gasteiger partial charge in [-0.3, -0.25) is 9.63 Å². The number of nitrogens with one attached hydrogen (secondary N) is 1. The lowest BCUT2D eigenvalue weighted by molar-refractivity contribution is -0.154. The number of ether oxygens (including phenoxy) is 1. The maximum Gasteiger partial charge on any atom is 0.307 e. The molecule has 1 fully saturated rings. The van der Waals surface area contributed by atoms with Crippen LogP contribution in [0.5, 0.6) is 0 Å². The molecule has 2 rings (SSSR count). The van der Waals surface area contributed by atoms with E-state index in [0.29, 0.717) is 18.8 Å². The van der Waals surface area contributed by atoms with E-state index >= 15 is 0 Å². The van der Waals surface area contributed by atoms with Gasteiger partial charge in [0.2, 0.25) is 0 Å². The highest BCUT2D eigenvalue weighted by atomic mass is 32.2. The summed E-state index contributed by atoms with van der Waals surface area (Å²) < 4.78 is 30.4. The quantitative estimate of drug-likeness (QED) is 0.314. The first kappa shape index (κ1) is 26.4. The predicted octanol–water partition coefficient (Wildman–Crippen LogP) is 5.06. The highest BCUT2D eigenvalue weighted by Crippen LogP contribution is 2.28. The van der Waals surface area contributed by atoms with E-state index in [1.807, 2.05) is 27.7 Å². The van der Waals surface area contributed by atoms with Crippen molar-refractivity contribution in [2.45, 2.75) is 102 Å². The van der Waals surface area contributed by atoms with Crippen LogP contribution >= 0.6 is 0 Å². The number of rotatable bonds is 9. The highest BCUT2D eigenvalue weighted by Gasteiger charge is 2.20. The Morgan fingerprint density at radius 2 is 1.81 bits per heavy atom. The third kappa shape index (κ3) is 10.2. The molecule has 1 N–H and O–H groups in total. The van der Waals surface area contributed by atoms with Crippen LogP contribution in [0.25, 0.3) is 0 Å². The van der Waals surface area contributed by atoms with Crippen molar-refractivity contribution < 1.29 is 22.8 Å². The summed E-state index contributed by atoms with van der Waals surface area (Å²) in [5, 5.41) is 0. The fourth-order valence-electron chi connectivity index (χ4n) is 3.65. The summed E-state index contributed by atoms with van der Waals surface area (Å²) in [6.45, 7) is 7.37. The molecule has 0 saturated heterocycles. The fourth-order valence-corrected chi connectivity index (χ4v) is 4.49. The molecule has 32 heavy (non-hydrogen) atoms. The normalized spacial score (nSPS) is 16.1. The first-order chi connectivity index (χ1) is 15.0. The average molecular weight is 464 g/mol. The molecule has 0 amide bonds.